The molecule has 2 aromatic heterocycles. The molecular weight excluding hydrogens is 297 g/mol. The first-order valence-corrected chi connectivity index (χ1v) is 7.41. The highest BCUT2D eigenvalue weighted by Crippen LogP contribution is 2.40. The van der Waals surface area contributed by atoms with Gasteiger partial charge >= 0.3 is 0 Å². The first kappa shape index (κ1) is 13.8. The van der Waals surface area contributed by atoms with Crippen molar-refractivity contribution in [3.05, 3.63) is 47.2 Å². The van der Waals surface area contributed by atoms with Crippen LogP contribution in [0.5, 0.6) is 0 Å². The summed E-state index contributed by atoms with van der Waals surface area (Å²) in [6, 6.07) is 6.03. The van der Waals surface area contributed by atoms with Gasteiger partial charge in [0, 0.05) is 17.0 Å². The van der Waals surface area contributed by atoms with Gasteiger partial charge in [-0.15, -0.1) is 5.10 Å². The van der Waals surface area contributed by atoms with E-state index >= 15 is 0 Å². The second kappa shape index (κ2) is 5.12. The van der Waals surface area contributed by atoms with Gasteiger partial charge < -0.3 is 0 Å². The molecule has 3 aromatic rings. The zero-order valence-corrected chi connectivity index (χ0v) is 12.4. The molecule has 0 spiro atoms. The molecule has 1 aromatic carbocycles. The Hall–Kier alpha value is -2.83. The van der Waals surface area contributed by atoms with Gasteiger partial charge in [0.15, 0.2) is 0 Å². The highest BCUT2D eigenvalue weighted by molar-refractivity contribution is 6.11. The summed E-state index contributed by atoms with van der Waals surface area (Å²) < 4.78 is 13.6. The van der Waals surface area contributed by atoms with Crippen LogP contribution in [0.15, 0.2) is 24.3 Å². The Balaban J connectivity index is 1.79. The third-order valence-corrected chi connectivity index (χ3v) is 3.85. The summed E-state index contributed by atoms with van der Waals surface area (Å²) in [7, 11) is 0. The van der Waals surface area contributed by atoms with Crippen LogP contribution >= 0.6 is 0 Å². The highest BCUT2D eigenvalue weighted by Gasteiger charge is 2.27. The van der Waals surface area contributed by atoms with Crippen LogP contribution in [0, 0.1) is 12.7 Å². The standard InChI is InChI=1S/C16H14FN5O/c1-8-18-16(22-21-8)20-15(23)12-7-14(9-2-3-9)19-13-5-4-10(17)6-11(12)13/h4-7,9H,2-3H2,1H3,(H2,18,20,21,22,23). The Morgan fingerprint density at radius 1 is 1.30 bits per heavy atom. The summed E-state index contributed by atoms with van der Waals surface area (Å²) >= 11 is 0. The number of aromatic amines is 1. The SMILES string of the molecule is Cc1nc(NC(=O)c2cc(C3CC3)nc3ccc(F)cc23)n[nH]1. The number of fused-ring (bicyclic) bond motifs is 1. The van der Waals surface area contributed by atoms with Gasteiger partial charge in [-0.3, -0.25) is 20.2 Å². The molecule has 116 valence electrons. The zero-order valence-electron chi connectivity index (χ0n) is 12.4. The fraction of sp³-hybridized carbons (Fsp3) is 0.250. The van der Waals surface area contributed by atoms with E-state index in [9.17, 15) is 9.18 Å². The Morgan fingerprint density at radius 2 is 2.13 bits per heavy atom. The van der Waals surface area contributed by atoms with Crippen molar-refractivity contribution in [2.24, 2.45) is 0 Å². The van der Waals surface area contributed by atoms with E-state index in [4.69, 9.17) is 0 Å². The predicted molar refractivity (Wildman–Crippen MR) is 82.7 cm³/mol. The molecule has 1 amide bonds. The number of nitrogens with zero attached hydrogens (tertiary/aromatic N) is 3. The van der Waals surface area contributed by atoms with E-state index < -0.39 is 5.82 Å². The smallest absolute Gasteiger partial charge is 0.258 e. The van der Waals surface area contributed by atoms with Crippen molar-refractivity contribution >= 4 is 22.8 Å². The molecular formula is C16H14FN5O. The van der Waals surface area contributed by atoms with Crippen molar-refractivity contribution in [3.8, 4) is 0 Å². The number of aryl methyl sites for hydroxylation is 1. The number of carbonyl (C=O) groups is 1. The summed E-state index contributed by atoms with van der Waals surface area (Å²) in [5.74, 6) is 0.415. The van der Waals surface area contributed by atoms with Crippen molar-refractivity contribution in [1.29, 1.82) is 0 Å². The zero-order chi connectivity index (χ0) is 16.0. The molecule has 1 fully saturated rings. The van der Waals surface area contributed by atoms with Gasteiger partial charge in [0.25, 0.3) is 5.91 Å². The van der Waals surface area contributed by atoms with E-state index in [0.29, 0.717) is 28.2 Å². The Labute approximate surface area is 131 Å². The topological polar surface area (TPSA) is 83.6 Å². The van der Waals surface area contributed by atoms with E-state index in [0.717, 1.165) is 18.5 Å². The maximum absolute atomic E-state index is 13.6. The lowest BCUT2D eigenvalue weighted by Gasteiger charge is -2.09. The van der Waals surface area contributed by atoms with Gasteiger partial charge in [0.05, 0.1) is 11.1 Å². The van der Waals surface area contributed by atoms with Crippen molar-refractivity contribution in [1.82, 2.24) is 20.2 Å². The predicted octanol–water partition coefficient (Wildman–Crippen LogP) is 2.93. The summed E-state index contributed by atoms with van der Waals surface area (Å²) in [6.07, 6.45) is 2.14. The molecule has 1 saturated carbocycles. The van der Waals surface area contributed by atoms with E-state index in [1.54, 1.807) is 19.1 Å². The first-order valence-electron chi connectivity index (χ1n) is 7.41. The molecule has 0 aliphatic heterocycles. The van der Waals surface area contributed by atoms with Crippen molar-refractivity contribution < 1.29 is 9.18 Å². The number of pyridine rings is 1. The lowest BCUT2D eigenvalue weighted by atomic mass is 10.1. The Bertz CT molecular complexity index is 916. The van der Waals surface area contributed by atoms with Crippen LogP contribution in [0.4, 0.5) is 10.3 Å². The van der Waals surface area contributed by atoms with E-state index in [2.05, 4.69) is 25.5 Å². The molecule has 4 rings (SSSR count). The molecule has 2 heterocycles. The minimum atomic E-state index is -0.402. The van der Waals surface area contributed by atoms with Gasteiger partial charge in [0.1, 0.15) is 11.6 Å². The molecule has 2 N–H and O–H groups in total. The summed E-state index contributed by atoms with van der Waals surface area (Å²) in [6.45, 7) is 1.74. The average molecular weight is 311 g/mol. The highest BCUT2D eigenvalue weighted by atomic mass is 19.1. The van der Waals surface area contributed by atoms with Crippen LogP contribution in [0.25, 0.3) is 10.9 Å². The van der Waals surface area contributed by atoms with Gasteiger partial charge in [-0.2, -0.15) is 4.98 Å². The number of benzene rings is 1. The minimum absolute atomic E-state index is 0.196. The van der Waals surface area contributed by atoms with Crippen molar-refractivity contribution in [3.63, 3.8) is 0 Å². The molecule has 0 radical (unpaired) electrons. The van der Waals surface area contributed by atoms with Crippen LogP contribution in [0.1, 0.15) is 40.6 Å². The fourth-order valence-corrected chi connectivity index (χ4v) is 2.56. The summed E-state index contributed by atoms with van der Waals surface area (Å²) in [5.41, 5.74) is 1.88. The fourth-order valence-electron chi connectivity index (χ4n) is 2.56. The number of carbonyl (C=O) groups excluding carboxylic acids is 1. The summed E-state index contributed by atoms with van der Waals surface area (Å²) in [4.78, 5) is 21.2. The molecule has 0 bridgehead atoms. The van der Waals surface area contributed by atoms with Crippen LogP contribution in [-0.2, 0) is 0 Å². The van der Waals surface area contributed by atoms with Gasteiger partial charge in [-0.05, 0) is 44.0 Å². The number of H-pyrrole nitrogens is 1. The van der Waals surface area contributed by atoms with Crippen LogP contribution < -0.4 is 5.32 Å². The molecule has 0 saturated heterocycles. The molecule has 1 aliphatic carbocycles. The number of amides is 1. The third kappa shape index (κ3) is 2.65. The average Bonchev–Trinajstić information content (AvgIpc) is 3.30. The van der Waals surface area contributed by atoms with Crippen LogP contribution in [-0.4, -0.2) is 26.1 Å². The molecule has 0 atom stereocenters. The first-order chi connectivity index (χ1) is 11.1. The monoisotopic (exact) mass is 311 g/mol. The lowest BCUT2D eigenvalue weighted by molar-refractivity contribution is 0.102. The second-order valence-corrected chi connectivity index (χ2v) is 5.73. The molecule has 7 heteroatoms. The van der Waals surface area contributed by atoms with E-state index in [1.165, 1.54) is 12.1 Å². The second-order valence-electron chi connectivity index (χ2n) is 5.73. The summed E-state index contributed by atoms with van der Waals surface area (Å²) in [5, 5.41) is 9.67. The van der Waals surface area contributed by atoms with Gasteiger partial charge in [0.2, 0.25) is 5.95 Å². The van der Waals surface area contributed by atoms with Crippen molar-refractivity contribution in [2.75, 3.05) is 5.32 Å². The number of nitrogens with one attached hydrogen (secondary N) is 2. The molecule has 1 aliphatic rings. The number of anilines is 1. The Kier molecular flexibility index (Phi) is 3.07. The Morgan fingerprint density at radius 3 is 2.83 bits per heavy atom. The molecule has 0 unspecified atom stereocenters. The molecule has 6 nitrogen and oxygen atoms in total. The van der Waals surface area contributed by atoms with E-state index in [-0.39, 0.29) is 11.9 Å². The maximum Gasteiger partial charge on any atom is 0.258 e. The minimum Gasteiger partial charge on any atom is -0.289 e. The number of hydrogen-bond donors (Lipinski definition) is 2. The third-order valence-electron chi connectivity index (χ3n) is 3.85. The number of rotatable bonds is 3. The molecule has 23 heavy (non-hydrogen) atoms. The number of aromatic nitrogens is 4. The van der Waals surface area contributed by atoms with Gasteiger partial charge in [-0.1, -0.05) is 0 Å². The number of hydrogen-bond acceptors (Lipinski definition) is 4. The lowest BCUT2D eigenvalue weighted by Crippen LogP contribution is -2.14. The largest absolute Gasteiger partial charge is 0.289 e. The van der Waals surface area contributed by atoms with Crippen LogP contribution in [0.2, 0.25) is 0 Å². The quantitative estimate of drug-likeness (QED) is 0.779. The van der Waals surface area contributed by atoms with Crippen molar-refractivity contribution in [2.45, 2.75) is 25.7 Å². The van der Waals surface area contributed by atoms with Gasteiger partial charge in [-0.25, -0.2) is 4.39 Å². The maximum atomic E-state index is 13.6. The normalized spacial score (nSPS) is 14.2. The van der Waals surface area contributed by atoms with E-state index in [1.807, 2.05) is 0 Å². The van der Waals surface area contributed by atoms with Crippen LogP contribution in [0.3, 0.4) is 0 Å². The number of halogens is 1.